The molecule has 3 heterocycles. The Hall–Kier alpha value is -4.39. The summed E-state index contributed by atoms with van der Waals surface area (Å²) in [6.07, 6.45) is 0.278. The van der Waals surface area contributed by atoms with Crippen molar-refractivity contribution in [2.75, 3.05) is 13.1 Å². The lowest BCUT2D eigenvalue weighted by molar-refractivity contribution is -0.274. The van der Waals surface area contributed by atoms with Crippen molar-refractivity contribution in [2.45, 2.75) is 44.2 Å². The molecule has 0 radical (unpaired) electrons. The van der Waals surface area contributed by atoms with Crippen LogP contribution in [0.15, 0.2) is 59.8 Å². The zero-order valence-electron chi connectivity index (χ0n) is 21.7. The van der Waals surface area contributed by atoms with E-state index in [2.05, 4.69) is 14.8 Å². The van der Waals surface area contributed by atoms with Crippen LogP contribution >= 0.6 is 0 Å². The second-order valence-corrected chi connectivity index (χ2v) is 10.6. The number of nitrogens with zero attached hydrogens (tertiary/aromatic N) is 5. The molecule has 1 amide bonds. The Morgan fingerprint density at radius 1 is 1.12 bits per heavy atom. The molecule has 2 fully saturated rings. The van der Waals surface area contributed by atoms with Crippen molar-refractivity contribution >= 4 is 16.9 Å². The van der Waals surface area contributed by atoms with Gasteiger partial charge in [-0.2, -0.15) is 5.10 Å². The number of hydrogen-bond donors (Lipinski definition) is 2. The maximum absolute atomic E-state index is 13.3. The highest BCUT2D eigenvalue weighted by molar-refractivity contribution is 5.81. The van der Waals surface area contributed by atoms with Gasteiger partial charge in [-0.05, 0) is 61.6 Å². The van der Waals surface area contributed by atoms with E-state index in [0.717, 1.165) is 31.0 Å². The van der Waals surface area contributed by atoms with Crippen molar-refractivity contribution in [3.8, 4) is 28.3 Å². The Morgan fingerprint density at radius 3 is 2.59 bits per heavy atom. The monoisotopic (exact) mass is 569 g/mol. The molecule has 2 aliphatic rings. The van der Waals surface area contributed by atoms with Gasteiger partial charge >= 0.3 is 6.36 Å². The number of rotatable bonds is 6. The summed E-state index contributed by atoms with van der Waals surface area (Å²) >= 11 is 0. The number of aromatic nitrogens is 4. The highest BCUT2D eigenvalue weighted by Gasteiger charge is 2.39. The highest BCUT2D eigenvalue weighted by Crippen LogP contribution is 2.37. The van der Waals surface area contributed by atoms with Crippen molar-refractivity contribution in [3.05, 3.63) is 65.3 Å². The summed E-state index contributed by atoms with van der Waals surface area (Å²) in [5.74, 6) is -0.479. The van der Waals surface area contributed by atoms with Gasteiger partial charge in [0, 0.05) is 24.6 Å². The minimum absolute atomic E-state index is 0.00840. The number of likely N-dealkylation sites (tertiary alicyclic amines) is 1. The summed E-state index contributed by atoms with van der Waals surface area (Å²) in [6.45, 7) is 0.874. The molecular weight excluding hydrogens is 543 g/mol. The number of fused-ring (bicyclic) bond motifs is 1. The van der Waals surface area contributed by atoms with Crippen molar-refractivity contribution in [3.63, 3.8) is 0 Å². The lowest BCUT2D eigenvalue weighted by Gasteiger charge is -2.38. The number of piperidine rings is 1. The lowest BCUT2D eigenvalue weighted by atomic mass is 9.91. The van der Waals surface area contributed by atoms with Gasteiger partial charge in [-0.25, -0.2) is 9.67 Å². The number of amides is 1. The third kappa shape index (κ3) is 5.49. The van der Waals surface area contributed by atoms with Gasteiger partial charge in [-0.3, -0.25) is 14.2 Å². The Morgan fingerprint density at radius 2 is 1.88 bits per heavy atom. The number of phenols is 1. The van der Waals surface area contributed by atoms with Gasteiger partial charge < -0.3 is 19.8 Å². The van der Waals surface area contributed by atoms with Crippen LogP contribution in [0, 0.1) is 5.92 Å². The minimum atomic E-state index is -4.93. The molecule has 214 valence electrons. The molecule has 41 heavy (non-hydrogen) atoms. The fourth-order valence-electron chi connectivity index (χ4n) is 5.22. The molecule has 13 heteroatoms. The van der Waals surface area contributed by atoms with Crippen molar-refractivity contribution in [2.24, 2.45) is 5.92 Å². The second kappa shape index (κ2) is 9.91. The molecule has 0 unspecified atom stereocenters. The number of halogens is 3. The maximum Gasteiger partial charge on any atom is 0.573 e. The van der Waals surface area contributed by atoms with Gasteiger partial charge in [0.15, 0.2) is 5.65 Å². The molecule has 2 aromatic heterocycles. The van der Waals surface area contributed by atoms with E-state index in [0.29, 0.717) is 37.2 Å². The van der Waals surface area contributed by atoms with Crippen LogP contribution in [0.25, 0.3) is 27.8 Å². The van der Waals surface area contributed by atoms with Gasteiger partial charge in [0.05, 0.1) is 24.0 Å². The number of aliphatic hydroxyl groups is 1. The van der Waals surface area contributed by atoms with Crippen LogP contribution in [0.5, 0.6) is 11.5 Å². The first-order valence-electron chi connectivity index (χ1n) is 13.1. The molecule has 1 aliphatic carbocycles. The van der Waals surface area contributed by atoms with E-state index < -0.39 is 23.3 Å². The van der Waals surface area contributed by atoms with Crippen LogP contribution in [0.3, 0.4) is 0 Å². The van der Waals surface area contributed by atoms with E-state index in [9.17, 15) is 33.0 Å². The average molecular weight is 570 g/mol. The van der Waals surface area contributed by atoms with Gasteiger partial charge in [-0.15, -0.1) is 13.2 Å². The van der Waals surface area contributed by atoms with Gasteiger partial charge in [0.2, 0.25) is 5.91 Å². The number of alkyl halides is 3. The first-order chi connectivity index (χ1) is 19.5. The number of hydrogen-bond acceptors (Lipinski definition) is 7. The Bertz CT molecular complexity index is 1690. The van der Waals surface area contributed by atoms with Crippen LogP contribution in [0.2, 0.25) is 0 Å². The van der Waals surface area contributed by atoms with E-state index in [1.165, 1.54) is 27.8 Å². The third-order valence-electron chi connectivity index (χ3n) is 7.54. The predicted octanol–water partition coefficient (Wildman–Crippen LogP) is 3.62. The molecule has 0 spiro atoms. The minimum Gasteiger partial charge on any atom is -0.508 e. The number of carbonyl (C=O) groups excluding carboxylic acids is 1. The third-order valence-corrected chi connectivity index (χ3v) is 7.54. The zero-order chi connectivity index (χ0) is 28.9. The van der Waals surface area contributed by atoms with E-state index >= 15 is 0 Å². The summed E-state index contributed by atoms with van der Waals surface area (Å²) in [4.78, 5) is 31.8. The molecule has 0 atom stereocenters. The van der Waals surface area contributed by atoms with Crippen molar-refractivity contribution in [1.82, 2.24) is 24.2 Å². The molecular formula is C28H26F3N5O5. The fourth-order valence-corrected chi connectivity index (χ4v) is 5.22. The quantitative estimate of drug-likeness (QED) is 0.364. The number of ether oxygens (including phenoxy) is 1. The molecule has 2 N–H and O–H groups in total. The van der Waals surface area contributed by atoms with E-state index in [-0.39, 0.29) is 40.7 Å². The standard InChI is InChI=1S/C28H26F3N5O5/c29-28(30,31)41-23-7-6-20(37)13-21(23)18-2-1-3-19(12-18)36-24-22(14-33-36)26(39)35(16-32-24)15-27(40)8-10-34(11-9-27)25(38)17-4-5-17/h1-3,6-7,12-14,16-17,37,40H,4-5,8-11,15H2. The summed E-state index contributed by atoms with van der Waals surface area (Å²) in [5.41, 5.74) is -0.618. The topological polar surface area (TPSA) is 123 Å². The van der Waals surface area contributed by atoms with Gasteiger partial charge in [0.1, 0.15) is 23.2 Å². The van der Waals surface area contributed by atoms with Crippen LogP contribution in [0.1, 0.15) is 25.7 Å². The zero-order valence-corrected chi connectivity index (χ0v) is 21.7. The van der Waals surface area contributed by atoms with Gasteiger partial charge in [0.25, 0.3) is 5.56 Å². The smallest absolute Gasteiger partial charge is 0.508 e. The number of carbonyl (C=O) groups is 1. The van der Waals surface area contributed by atoms with E-state index in [1.54, 1.807) is 23.1 Å². The highest BCUT2D eigenvalue weighted by atomic mass is 19.4. The Kier molecular flexibility index (Phi) is 6.48. The molecule has 0 bridgehead atoms. The first-order valence-corrected chi connectivity index (χ1v) is 13.1. The van der Waals surface area contributed by atoms with E-state index in [4.69, 9.17) is 0 Å². The molecule has 4 aromatic rings. The molecule has 6 rings (SSSR count). The average Bonchev–Trinajstić information content (AvgIpc) is 3.69. The van der Waals surface area contributed by atoms with Crippen LogP contribution in [-0.4, -0.2) is 65.4 Å². The Labute approximate surface area is 231 Å². The predicted molar refractivity (Wildman–Crippen MR) is 140 cm³/mol. The van der Waals surface area contributed by atoms with Gasteiger partial charge in [-0.1, -0.05) is 12.1 Å². The van der Waals surface area contributed by atoms with Crippen LogP contribution in [-0.2, 0) is 11.3 Å². The first kappa shape index (κ1) is 26.8. The van der Waals surface area contributed by atoms with Crippen molar-refractivity contribution in [1.29, 1.82) is 0 Å². The maximum atomic E-state index is 13.3. The summed E-state index contributed by atoms with van der Waals surface area (Å²) in [5, 5.41) is 25.6. The van der Waals surface area contributed by atoms with Crippen LogP contribution < -0.4 is 10.3 Å². The largest absolute Gasteiger partial charge is 0.573 e. The lowest BCUT2D eigenvalue weighted by Crippen LogP contribution is -2.50. The number of aromatic hydroxyl groups is 1. The van der Waals surface area contributed by atoms with Crippen LogP contribution in [0.4, 0.5) is 13.2 Å². The number of phenolic OH excluding ortho intramolecular Hbond substituents is 1. The molecule has 1 saturated carbocycles. The molecule has 1 aliphatic heterocycles. The molecule has 10 nitrogen and oxygen atoms in total. The van der Waals surface area contributed by atoms with E-state index in [1.807, 2.05) is 0 Å². The SMILES string of the molecule is O=C(C1CC1)N1CCC(O)(Cn2cnc3c(cnn3-c3cccc(-c4cc(O)ccc4OC(F)(F)F)c3)c2=O)CC1. The molecule has 1 saturated heterocycles. The second-order valence-electron chi connectivity index (χ2n) is 10.6. The van der Waals surface area contributed by atoms with Crippen molar-refractivity contribution < 1.29 is 32.9 Å². The normalized spacial score (nSPS) is 17.1. The number of benzene rings is 2. The fraction of sp³-hybridized carbons (Fsp3) is 0.357. The summed E-state index contributed by atoms with van der Waals surface area (Å²) in [6, 6.07) is 9.62. The summed E-state index contributed by atoms with van der Waals surface area (Å²) in [7, 11) is 0. The summed E-state index contributed by atoms with van der Waals surface area (Å²) < 4.78 is 45.8. The molecule has 2 aromatic carbocycles. The Balaban J connectivity index is 1.26.